The Balaban J connectivity index is 2.04. The third kappa shape index (κ3) is 9.60. The molecule has 3 unspecified atom stereocenters. The van der Waals surface area contributed by atoms with Crippen LogP contribution in [0.4, 0.5) is 4.79 Å². The first-order valence-electron chi connectivity index (χ1n) is 13.1. The number of ketones is 1. The van der Waals surface area contributed by atoms with E-state index in [4.69, 9.17) is 10.5 Å². The molecule has 0 aromatic rings. The molecule has 1 heterocycles. The van der Waals surface area contributed by atoms with Gasteiger partial charge >= 0.3 is 12.0 Å². The molecular weight excluding hydrogens is 494 g/mol. The highest BCUT2D eigenvalue weighted by Crippen LogP contribution is 2.34. The first-order chi connectivity index (χ1) is 17.5. The molecule has 2 rings (SSSR count). The van der Waals surface area contributed by atoms with Crippen LogP contribution in [-0.2, 0) is 28.7 Å². The van der Waals surface area contributed by atoms with Crippen molar-refractivity contribution < 1.29 is 33.5 Å². The quantitative estimate of drug-likeness (QED) is 0.220. The van der Waals surface area contributed by atoms with Gasteiger partial charge in [0.25, 0.3) is 5.91 Å². The molecule has 12 nitrogen and oxygen atoms in total. The first-order valence-corrected chi connectivity index (χ1v) is 13.1. The predicted octanol–water partition coefficient (Wildman–Crippen LogP) is 0.620. The molecule has 0 aromatic carbocycles. The van der Waals surface area contributed by atoms with Crippen LogP contribution in [0.15, 0.2) is 0 Å². The van der Waals surface area contributed by atoms with E-state index in [2.05, 4.69) is 16.0 Å². The lowest BCUT2D eigenvalue weighted by atomic mass is 9.85. The molecule has 0 bridgehead atoms. The van der Waals surface area contributed by atoms with Gasteiger partial charge in [-0.15, -0.1) is 0 Å². The van der Waals surface area contributed by atoms with Crippen molar-refractivity contribution in [2.45, 2.75) is 91.8 Å². The highest BCUT2D eigenvalue weighted by Gasteiger charge is 2.43. The fourth-order valence-corrected chi connectivity index (χ4v) is 4.16. The number of esters is 1. The smallest absolute Gasteiger partial charge is 0.325 e. The number of carbonyl (C=O) groups excluding carboxylic acids is 6. The number of primary amides is 1. The summed E-state index contributed by atoms with van der Waals surface area (Å²) in [6.45, 7) is 11.2. The van der Waals surface area contributed by atoms with E-state index in [-0.39, 0.29) is 24.5 Å². The number of ether oxygens (including phenoxy) is 1. The summed E-state index contributed by atoms with van der Waals surface area (Å²) >= 11 is 0. The molecule has 1 saturated carbocycles. The minimum absolute atomic E-state index is 0.198. The number of hydrogen-bond donors (Lipinski definition) is 4. The van der Waals surface area contributed by atoms with Gasteiger partial charge in [-0.2, -0.15) is 0 Å². The summed E-state index contributed by atoms with van der Waals surface area (Å²) in [5.74, 6) is -3.30. The van der Waals surface area contributed by atoms with Crippen LogP contribution >= 0.6 is 0 Å². The van der Waals surface area contributed by atoms with Crippen LogP contribution in [-0.4, -0.2) is 78.2 Å². The van der Waals surface area contributed by atoms with Gasteiger partial charge in [-0.05, 0) is 36.0 Å². The lowest BCUT2D eigenvalue weighted by Gasteiger charge is -2.35. The summed E-state index contributed by atoms with van der Waals surface area (Å²) < 4.78 is 5.14. The Kier molecular flexibility index (Phi) is 10.3. The van der Waals surface area contributed by atoms with Gasteiger partial charge in [0.2, 0.25) is 17.6 Å². The van der Waals surface area contributed by atoms with Crippen molar-refractivity contribution in [3.8, 4) is 0 Å². The Hall–Kier alpha value is -3.18. The van der Waals surface area contributed by atoms with E-state index in [1.807, 2.05) is 20.8 Å². The Morgan fingerprint density at radius 2 is 1.61 bits per heavy atom. The third-order valence-electron chi connectivity index (χ3n) is 6.43. The summed E-state index contributed by atoms with van der Waals surface area (Å²) in [5, 5.41) is 7.69. The summed E-state index contributed by atoms with van der Waals surface area (Å²) in [6, 6.07) is -3.60. The number of nitrogens with zero attached hydrogens (tertiary/aromatic N) is 1. The molecule has 0 radical (unpaired) electrons. The molecule has 214 valence electrons. The maximum atomic E-state index is 13.6. The Bertz CT molecular complexity index is 933. The molecule has 0 spiro atoms. The maximum Gasteiger partial charge on any atom is 0.325 e. The SMILES string of the molecule is CC(C)(C)COC(=O)CNC(=O)NC(C(=O)N1CCCC1C(=O)NC(CC1CC1)C(=O)C(N)=O)C(C)(C)C. The van der Waals surface area contributed by atoms with E-state index in [0.29, 0.717) is 25.8 Å². The number of rotatable bonds is 11. The third-order valence-corrected chi connectivity index (χ3v) is 6.43. The lowest BCUT2D eigenvalue weighted by Crippen LogP contribution is -2.60. The Morgan fingerprint density at radius 3 is 2.13 bits per heavy atom. The molecule has 5 N–H and O–H groups in total. The highest BCUT2D eigenvalue weighted by molar-refractivity contribution is 6.37. The minimum Gasteiger partial charge on any atom is -0.464 e. The van der Waals surface area contributed by atoms with Crippen LogP contribution < -0.4 is 21.7 Å². The van der Waals surface area contributed by atoms with Gasteiger partial charge in [-0.25, -0.2) is 4.79 Å². The van der Waals surface area contributed by atoms with Crippen molar-refractivity contribution in [3.05, 3.63) is 0 Å². The van der Waals surface area contributed by atoms with Crippen molar-refractivity contribution in [1.82, 2.24) is 20.9 Å². The van der Waals surface area contributed by atoms with E-state index in [1.165, 1.54) is 4.90 Å². The second-order valence-corrected chi connectivity index (χ2v) is 12.5. The number of carbonyl (C=O) groups is 6. The molecule has 5 amide bonds. The second kappa shape index (κ2) is 12.6. The van der Waals surface area contributed by atoms with Gasteiger partial charge in [0.15, 0.2) is 0 Å². The Labute approximate surface area is 224 Å². The number of Topliss-reactive ketones (excluding diaryl/α,β-unsaturated/α-hetero) is 1. The minimum atomic E-state index is -1.11. The van der Waals surface area contributed by atoms with Gasteiger partial charge < -0.3 is 31.3 Å². The highest BCUT2D eigenvalue weighted by atomic mass is 16.5. The number of nitrogens with two attached hydrogens (primary N) is 1. The number of likely N-dealkylation sites (tertiary alicyclic amines) is 1. The maximum absolute atomic E-state index is 13.6. The number of urea groups is 1. The Morgan fingerprint density at radius 1 is 0.974 bits per heavy atom. The molecule has 1 saturated heterocycles. The van der Waals surface area contributed by atoms with Crippen LogP contribution in [0.5, 0.6) is 0 Å². The molecule has 2 aliphatic rings. The topological polar surface area (TPSA) is 177 Å². The molecule has 1 aliphatic heterocycles. The number of amides is 5. The molecular formula is C26H43N5O7. The summed E-state index contributed by atoms with van der Waals surface area (Å²) in [7, 11) is 0. The fourth-order valence-electron chi connectivity index (χ4n) is 4.16. The average molecular weight is 538 g/mol. The van der Waals surface area contributed by atoms with Crippen LogP contribution in [0.2, 0.25) is 0 Å². The standard InChI is InChI=1S/C26H43N5O7/c1-25(2,3)14-38-18(32)13-28-24(37)30-20(26(4,5)6)23(36)31-11-7-8-17(31)22(35)29-16(12-15-9-10-15)19(33)21(27)34/h15-17,20H,7-14H2,1-6H3,(H2,27,34)(H,29,35)(H2,28,30,37). The largest absolute Gasteiger partial charge is 0.464 e. The van der Waals surface area contributed by atoms with Gasteiger partial charge in [-0.3, -0.25) is 24.0 Å². The van der Waals surface area contributed by atoms with Crippen molar-refractivity contribution in [2.24, 2.45) is 22.5 Å². The number of hydrogen-bond acceptors (Lipinski definition) is 7. The fraction of sp³-hybridized carbons (Fsp3) is 0.769. The van der Waals surface area contributed by atoms with Gasteiger partial charge in [0.1, 0.15) is 18.6 Å². The lowest BCUT2D eigenvalue weighted by molar-refractivity contribution is -0.145. The van der Waals surface area contributed by atoms with Gasteiger partial charge in [0, 0.05) is 6.54 Å². The molecule has 1 aliphatic carbocycles. The van der Waals surface area contributed by atoms with Crippen LogP contribution in [0, 0.1) is 16.7 Å². The molecule has 2 fully saturated rings. The zero-order chi connectivity index (χ0) is 28.8. The summed E-state index contributed by atoms with van der Waals surface area (Å²) in [4.78, 5) is 76.4. The molecule has 3 atom stereocenters. The molecule has 38 heavy (non-hydrogen) atoms. The van der Waals surface area contributed by atoms with Gasteiger partial charge in [0.05, 0.1) is 12.6 Å². The summed E-state index contributed by atoms with van der Waals surface area (Å²) in [5.41, 5.74) is 4.23. The summed E-state index contributed by atoms with van der Waals surface area (Å²) in [6.07, 6.45) is 3.10. The zero-order valence-electron chi connectivity index (χ0n) is 23.3. The van der Waals surface area contributed by atoms with Crippen LogP contribution in [0.1, 0.15) is 73.6 Å². The molecule has 12 heteroatoms. The predicted molar refractivity (Wildman–Crippen MR) is 138 cm³/mol. The van der Waals surface area contributed by atoms with Crippen molar-refractivity contribution in [2.75, 3.05) is 19.7 Å². The number of nitrogens with one attached hydrogen (secondary N) is 3. The monoisotopic (exact) mass is 537 g/mol. The average Bonchev–Trinajstić information content (AvgIpc) is 3.48. The van der Waals surface area contributed by atoms with E-state index in [9.17, 15) is 28.8 Å². The normalized spacial score (nSPS) is 19.2. The zero-order valence-corrected chi connectivity index (χ0v) is 23.3. The molecule has 0 aromatic heterocycles. The van der Waals surface area contributed by atoms with E-state index >= 15 is 0 Å². The van der Waals surface area contributed by atoms with Crippen molar-refractivity contribution in [1.29, 1.82) is 0 Å². The van der Waals surface area contributed by atoms with Crippen molar-refractivity contribution >= 4 is 35.5 Å². The van der Waals surface area contributed by atoms with Gasteiger partial charge in [-0.1, -0.05) is 54.4 Å². The van der Waals surface area contributed by atoms with Crippen molar-refractivity contribution in [3.63, 3.8) is 0 Å². The first kappa shape index (κ1) is 31.0. The van der Waals surface area contributed by atoms with E-state index < -0.39 is 59.0 Å². The second-order valence-electron chi connectivity index (χ2n) is 12.5. The van der Waals surface area contributed by atoms with Crippen LogP contribution in [0.3, 0.4) is 0 Å². The van der Waals surface area contributed by atoms with Crippen LogP contribution in [0.25, 0.3) is 0 Å². The van der Waals surface area contributed by atoms with E-state index in [0.717, 1.165) is 12.8 Å². The van der Waals surface area contributed by atoms with E-state index in [1.54, 1.807) is 20.8 Å².